The molecule has 2 aliphatic carbocycles. The summed E-state index contributed by atoms with van der Waals surface area (Å²) >= 11 is 5.65. The van der Waals surface area contributed by atoms with Crippen LogP contribution in [0, 0.1) is 16.6 Å². The molecule has 2 saturated carbocycles. The van der Waals surface area contributed by atoms with Gasteiger partial charge in [-0.25, -0.2) is 0 Å². The van der Waals surface area contributed by atoms with Gasteiger partial charge >= 0.3 is 0 Å². The lowest BCUT2D eigenvalue weighted by atomic mass is 9.89. The van der Waals surface area contributed by atoms with E-state index in [0.29, 0.717) is 22.4 Å². The molecule has 128 valence electrons. The van der Waals surface area contributed by atoms with E-state index >= 15 is 0 Å². The molecule has 0 aromatic carbocycles. The highest BCUT2D eigenvalue weighted by molar-refractivity contribution is 7.71. The molecule has 1 aromatic heterocycles. The number of hydrogen-bond donors (Lipinski definition) is 1. The quantitative estimate of drug-likeness (QED) is 0.842. The van der Waals surface area contributed by atoms with Gasteiger partial charge in [-0.05, 0) is 49.7 Å². The second kappa shape index (κ2) is 7.65. The average Bonchev–Trinajstić information content (AvgIpc) is 2.57. The van der Waals surface area contributed by atoms with E-state index in [0.717, 1.165) is 13.1 Å². The van der Waals surface area contributed by atoms with Gasteiger partial charge in [-0.2, -0.15) is 0 Å². The summed E-state index contributed by atoms with van der Waals surface area (Å²) in [6, 6.07) is 1.57. The molecule has 0 bridgehead atoms. The first-order valence-corrected chi connectivity index (χ1v) is 9.66. The summed E-state index contributed by atoms with van der Waals surface area (Å²) in [6.07, 6.45) is 12.8. The van der Waals surface area contributed by atoms with Crippen LogP contribution in [0.3, 0.4) is 0 Å². The van der Waals surface area contributed by atoms with E-state index in [2.05, 4.69) is 0 Å². The second-order valence-corrected chi connectivity index (χ2v) is 7.78. The molecule has 2 N–H and O–H groups in total. The van der Waals surface area contributed by atoms with E-state index in [4.69, 9.17) is 18.0 Å². The Morgan fingerprint density at radius 3 is 1.91 bits per heavy atom. The molecule has 1 aromatic rings. The molecule has 2 aliphatic rings. The molecule has 0 unspecified atom stereocenters. The van der Waals surface area contributed by atoms with Gasteiger partial charge in [0.25, 0.3) is 5.56 Å². The van der Waals surface area contributed by atoms with Crippen molar-refractivity contribution < 1.29 is 0 Å². The minimum absolute atomic E-state index is 0.0297. The lowest BCUT2D eigenvalue weighted by Crippen LogP contribution is -2.30. The fourth-order valence-electron chi connectivity index (χ4n) is 4.24. The molecule has 4 nitrogen and oxygen atoms in total. The third-order valence-corrected chi connectivity index (χ3v) is 6.08. The molecular weight excluding hydrogens is 306 g/mol. The molecule has 0 spiro atoms. The zero-order valence-electron chi connectivity index (χ0n) is 14.0. The van der Waals surface area contributed by atoms with Crippen LogP contribution in [0.2, 0.25) is 0 Å². The van der Waals surface area contributed by atoms with Crippen LogP contribution < -0.4 is 11.3 Å². The summed E-state index contributed by atoms with van der Waals surface area (Å²) in [4.78, 5) is 12.4. The predicted molar refractivity (Wildman–Crippen MR) is 97.1 cm³/mol. The smallest absolute Gasteiger partial charge is 0.256 e. The van der Waals surface area contributed by atoms with Crippen LogP contribution in [0.4, 0.5) is 5.82 Å². The maximum Gasteiger partial charge on any atom is 0.256 e. The van der Waals surface area contributed by atoms with Gasteiger partial charge in [0.2, 0.25) is 0 Å². The summed E-state index contributed by atoms with van der Waals surface area (Å²) in [7, 11) is 0. The second-order valence-electron chi connectivity index (χ2n) is 7.42. The predicted octanol–water partition coefficient (Wildman–Crippen LogP) is 4.12. The van der Waals surface area contributed by atoms with Crippen molar-refractivity contribution >= 4 is 18.0 Å². The van der Waals surface area contributed by atoms with Crippen molar-refractivity contribution in [2.24, 2.45) is 11.8 Å². The van der Waals surface area contributed by atoms with E-state index in [1.165, 1.54) is 64.2 Å². The van der Waals surface area contributed by atoms with E-state index in [1.807, 2.05) is 4.57 Å². The number of aromatic nitrogens is 2. The monoisotopic (exact) mass is 335 g/mol. The molecule has 2 fully saturated rings. The molecule has 23 heavy (non-hydrogen) atoms. The fraction of sp³-hybridized carbons (Fsp3) is 0.778. The molecule has 0 atom stereocenters. The van der Waals surface area contributed by atoms with Gasteiger partial charge in [0.1, 0.15) is 5.82 Å². The highest BCUT2D eigenvalue weighted by atomic mass is 32.1. The zero-order valence-corrected chi connectivity index (χ0v) is 14.8. The first-order valence-electron chi connectivity index (χ1n) is 9.25. The molecule has 0 amide bonds. The molecular formula is C18H29N3OS. The van der Waals surface area contributed by atoms with Gasteiger partial charge in [-0.3, -0.25) is 9.36 Å². The normalized spacial score (nSPS) is 20.7. The lowest BCUT2D eigenvalue weighted by molar-refractivity contribution is 0.298. The minimum Gasteiger partial charge on any atom is -0.385 e. The van der Waals surface area contributed by atoms with Crippen LogP contribution >= 0.6 is 12.2 Å². The van der Waals surface area contributed by atoms with Crippen molar-refractivity contribution in [2.75, 3.05) is 5.73 Å². The van der Waals surface area contributed by atoms with Crippen molar-refractivity contribution in [3.8, 4) is 0 Å². The lowest BCUT2D eigenvalue weighted by Gasteiger charge is -2.26. The van der Waals surface area contributed by atoms with Crippen molar-refractivity contribution in [3.05, 3.63) is 21.2 Å². The summed E-state index contributed by atoms with van der Waals surface area (Å²) in [5.41, 5.74) is 6.09. The van der Waals surface area contributed by atoms with Gasteiger partial charge in [-0.15, -0.1) is 0 Å². The van der Waals surface area contributed by atoms with Gasteiger partial charge in [0.15, 0.2) is 4.77 Å². The van der Waals surface area contributed by atoms with Gasteiger partial charge < -0.3 is 10.3 Å². The highest BCUT2D eigenvalue weighted by Gasteiger charge is 2.19. The summed E-state index contributed by atoms with van der Waals surface area (Å²) in [5.74, 6) is 1.78. The highest BCUT2D eigenvalue weighted by Crippen LogP contribution is 2.27. The van der Waals surface area contributed by atoms with Gasteiger partial charge in [0, 0.05) is 19.2 Å². The summed E-state index contributed by atoms with van der Waals surface area (Å²) in [6.45, 7) is 1.64. The van der Waals surface area contributed by atoms with Crippen LogP contribution in [0.5, 0.6) is 0 Å². The van der Waals surface area contributed by atoms with E-state index in [1.54, 1.807) is 10.6 Å². The van der Waals surface area contributed by atoms with Crippen LogP contribution in [0.25, 0.3) is 0 Å². The standard InChI is InChI=1S/C18H29N3OS/c19-16-11-17(22)21(13-15-9-5-2-6-10-15)18(23)20(16)12-14-7-3-1-4-8-14/h11,14-15H,1-10,12-13,19H2. The number of rotatable bonds is 4. The molecule has 3 rings (SSSR count). The number of nitrogens with zero attached hydrogens (tertiary/aromatic N) is 2. The maximum absolute atomic E-state index is 12.4. The van der Waals surface area contributed by atoms with Gasteiger partial charge in [-0.1, -0.05) is 38.5 Å². The average molecular weight is 336 g/mol. The first kappa shape index (κ1) is 16.7. The Hall–Kier alpha value is -1.10. The molecule has 0 saturated heterocycles. The third kappa shape index (κ3) is 4.06. The molecule has 5 heteroatoms. The largest absolute Gasteiger partial charge is 0.385 e. The Morgan fingerprint density at radius 1 is 0.913 bits per heavy atom. The Bertz CT molecular complexity index is 637. The first-order chi connectivity index (χ1) is 11.1. The number of nitrogens with two attached hydrogens (primary N) is 1. The van der Waals surface area contributed by atoms with Crippen molar-refractivity contribution in [1.82, 2.24) is 9.13 Å². The molecule has 1 heterocycles. The van der Waals surface area contributed by atoms with E-state index in [9.17, 15) is 4.79 Å². The zero-order chi connectivity index (χ0) is 16.2. The van der Waals surface area contributed by atoms with Crippen LogP contribution in [0.15, 0.2) is 10.9 Å². The third-order valence-electron chi connectivity index (χ3n) is 5.64. The Morgan fingerprint density at radius 2 is 1.39 bits per heavy atom. The van der Waals surface area contributed by atoms with Crippen LogP contribution in [0.1, 0.15) is 64.2 Å². The SMILES string of the molecule is Nc1cc(=O)n(CC2CCCCC2)c(=S)n1CC1CCCCC1. The minimum atomic E-state index is -0.0297. The van der Waals surface area contributed by atoms with Crippen molar-refractivity contribution in [2.45, 2.75) is 77.3 Å². The Kier molecular flexibility index (Phi) is 5.57. The topological polar surface area (TPSA) is 53.0 Å². The molecule has 0 radical (unpaired) electrons. The molecule has 0 aliphatic heterocycles. The van der Waals surface area contributed by atoms with Crippen LogP contribution in [-0.2, 0) is 13.1 Å². The van der Waals surface area contributed by atoms with Crippen LogP contribution in [-0.4, -0.2) is 9.13 Å². The fourth-order valence-corrected chi connectivity index (χ4v) is 4.58. The number of nitrogen functional groups attached to an aromatic ring is 1. The van der Waals surface area contributed by atoms with E-state index in [-0.39, 0.29) is 5.56 Å². The maximum atomic E-state index is 12.4. The Labute approximate surface area is 143 Å². The summed E-state index contributed by atoms with van der Waals surface area (Å²) < 4.78 is 4.44. The summed E-state index contributed by atoms with van der Waals surface area (Å²) in [5, 5.41) is 0. The van der Waals surface area contributed by atoms with Crippen molar-refractivity contribution in [3.63, 3.8) is 0 Å². The van der Waals surface area contributed by atoms with Gasteiger partial charge in [0.05, 0.1) is 0 Å². The van der Waals surface area contributed by atoms with Crippen molar-refractivity contribution in [1.29, 1.82) is 0 Å². The number of hydrogen-bond acceptors (Lipinski definition) is 3. The van der Waals surface area contributed by atoms with E-state index < -0.39 is 0 Å². The Balaban J connectivity index is 1.82. The number of anilines is 1.